The number of aliphatic hydroxyl groups is 1. The molecule has 2 rings (SSSR count). The van der Waals surface area contributed by atoms with Crippen molar-refractivity contribution in [3.05, 3.63) is 66.2 Å². The molecule has 0 aromatic heterocycles. The van der Waals surface area contributed by atoms with Crippen molar-refractivity contribution in [3.63, 3.8) is 0 Å². The van der Waals surface area contributed by atoms with Gasteiger partial charge in [-0.2, -0.15) is 0 Å². The van der Waals surface area contributed by atoms with Crippen LogP contribution < -0.4 is 10.1 Å². The zero-order chi connectivity index (χ0) is 19.0. The van der Waals surface area contributed by atoms with Gasteiger partial charge in [0.05, 0.1) is 6.54 Å². The van der Waals surface area contributed by atoms with Gasteiger partial charge in [0.1, 0.15) is 11.4 Å². The molecule has 3 N–H and O–H groups in total. The van der Waals surface area contributed by atoms with Gasteiger partial charge in [-0.3, -0.25) is 4.79 Å². The number of aryl methyl sites for hydroxylation is 1. The molecule has 6 nitrogen and oxygen atoms in total. The third-order valence-electron chi connectivity index (χ3n) is 3.98. The van der Waals surface area contributed by atoms with E-state index in [-0.39, 0.29) is 13.0 Å². The van der Waals surface area contributed by atoms with Crippen molar-refractivity contribution in [2.24, 2.45) is 0 Å². The van der Waals surface area contributed by atoms with Gasteiger partial charge in [0, 0.05) is 0 Å². The Hall–Kier alpha value is -2.86. The maximum Gasteiger partial charge on any atom is 0.346 e. The Morgan fingerprint density at radius 2 is 1.65 bits per heavy atom. The first kappa shape index (κ1) is 19.5. The van der Waals surface area contributed by atoms with Gasteiger partial charge < -0.3 is 20.3 Å². The van der Waals surface area contributed by atoms with Crippen molar-refractivity contribution in [1.82, 2.24) is 5.32 Å². The van der Waals surface area contributed by atoms with Crippen LogP contribution in [0.3, 0.4) is 0 Å². The summed E-state index contributed by atoms with van der Waals surface area (Å²) in [6.07, 6.45) is -0.490. The number of nitrogens with one attached hydrogen (secondary N) is 1. The Morgan fingerprint density at radius 3 is 2.23 bits per heavy atom. The Morgan fingerprint density at radius 1 is 1.08 bits per heavy atom. The highest BCUT2D eigenvalue weighted by atomic mass is 16.5. The number of aliphatic carboxylic acids is 1. The molecule has 2 atom stereocenters. The third kappa shape index (κ3) is 5.89. The fourth-order valence-electron chi connectivity index (χ4n) is 2.36. The van der Waals surface area contributed by atoms with Gasteiger partial charge in [0.2, 0.25) is 6.10 Å². The number of hydrogen-bond acceptors (Lipinski definition) is 4. The first-order valence-corrected chi connectivity index (χ1v) is 8.37. The van der Waals surface area contributed by atoms with Crippen molar-refractivity contribution in [1.29, 1.82) is 0 Å². The average Bonchev–Trinajstić information content (AvgIpc) is 2.64. The zero-order valence-corrected chi connectivity index (χ0v) is 14.6. The molecule has 0 aliphatic rings. The number of carboxylic acid groups (broad SMARTS) is 1. The van der Waals surface area contributed by atoms with Crippen LogP contribution in [0.5, 0.6) is 5.75 Å². The molecule has 0 bridgehead atoms. The minimum absolute atomic E-state index is 0.222. The predicted molar refractivity (Wildman–Crippen MR) is 96.9 cm³/mol. The van der Waals surface area contributed by atoms with E-state index >= 15 is 0 Å². The molecule has 0 radical (unpaired) electrons. The molecule has 2 aromatic rings. The Labute approximate surface area is 152 Å². The number of rotatable bonds is 9. The molecule has 0 fully saturated rings. The van der Waals surface area contributed by atoms with E-state index in [1.54, 1.807) is 30.3 Å². The predicted octanol–water partition coefficient (Wildman–Crippen LogP) is 2.02. The number of carbonyl (C=O) groups is 2. The summed E-state index contributed by atoms with van der Waals surface area (Å²) in [4.78, 5) is 23.6. The second-order valence-corrected chi connectivity index (χ2v) is 6.23. The molecule has 6 heteroatoms. The summed E-state index contributed by atoms with van der Waals surface area (Å²) < 4.78 is 5.37. The van der Waals surface area contributed by atoms with Crippen LogP contribution in [0.2, 0.25) is 0 Å². The number of benzene rings is 2. The number of amides is 1. The quantitative estimate of drug-likeness (QED) is 0.638. The van der Waals surface area contributed by atoms with E-state index < -0.39 is 23.6 Å². The van der Waals surface area contributed by atoms with E-state index in [0.29, 0.717) is 12.2 Å². The molecule has 26 heavy (non-hydrogen) atoms. The van der Waals surface area contributed by atoms with Gasteiger partial charge in [-0.05, 0) is 37.5 Å². The van der Waals surface area contributed by atoms with Crippen LogP contribution >= 0.6 is 0 Å². The van der Waals surface area contributed by atoms with Gasteiger partial charge in [0.15, 0.2) is 0 Å². The van der Waals surface area contributed by atoms with E-state index in [9.17, 15) is 19.8 Å². The van der Waals surface area contributed by atoms with Crippen LogP contribution in [0.1, 0.15) is 18.9 Å². The summed E-state index contributed by atoms with van der Waals surface area (Å²) in [6.45, 7) is 1.17. The maximum absolute atomic E-state index is 12.3. The fourth-order valence-corrected chi connectivity index (χ4v) is 2.36. The molecule has 0 spiro atoms. The van der Waals surface area contributed by atoms with E-state index in [1.165, 1.54) is 6.92 Å². The molecule has 0 aliphatic carbocycles. The van der Waals surface area contributed by atoms with Crippen LogP contribution in [-0.2, 0) is 16.0 Å². The van der Waals surface area contributed by atoms with E-state index in [2.05, 4.69) is 5.32 Å². The standard InChI is InChI=1S/C20H23NO5/c1-20(25,13-12-15-8-4-2-5-9-15)19(24)21-14-17(18(22)23)26-16-10-6-3-7-11-16/h2-11,17,25H,12-14H2,1H3,(H,21,24)(H,22,23)/t17-,20?/m1/s1. The number of carbonyl (C=O) groups excluding carboxylic acids is 1. The lowest BCUT2D eigenvalue weighted by molar-refractivity contribution is -0.146. The van der Waals surface area contributed by atoms with Crippen LogP contribution in [-0.4, -0.2) is 40.3 Å². The summed E-state index contributed by atoms with van der Waals surface area (Å²) in [6, 6.07) is 18.0. The molecular weight excluding hydrogens is 334 g/mol. The Balaban J connectivity index is 1.88. The maximum atomic E-state index is 12.3. The molecule has 0 saturated heterocycles. The SMILES string of the molecule is CC(O)(CCc1ccccc1)C(=O)NC[C@@H](Oc1ccccc1)C(=O)O. The van der Waals surface area contributed by atoms with Gasteiger partial charge in [-0.25, -0.2) is 4.79 Å². The minimum atomic E-state index is -1.61. The van der Waals surface area contributed by atoms with Gasteiger partial charge in [-0.15, -0.1) is 0 Å². The summed E-state index contributed by atoms with van der Waals surface area (Å²) in [7, 11) is 0. The average molecular weight is 357 g/mol. The van der Waals surface area contributed by atoms with Crippen LogP contribution in [0.25, 0.3) is 0 Å². The van der Waals surface area contributed by atoms with Crippen molar-refractivity contribution in [3.8, 4) is 5.75 Å². The second-order valence-electron chi connectivity index (χ2n) is 6.23. The largest absolute Gasteiger partial charge is 0.478 e. The molecule has 2 aromatic carbocycles. The number of hydrogen-bond donors (Lipinski definition) is 3. The lowest BCUT2D eigenvalue weighted by Crippen LogP contribution is -2.49. The third-order valence-corrected chi connectivity index (χ3v) is 3.98. The lowest BCUT2D eigenvalue weighted by atomic mass is 9.96. The summed E-state index contributed by atoms with van der Waals surface area (Å²) in [5.74, 6) is -1.43. The summed E-state index contributed by atoms with van der Waals surface area (Å²) >= 11 is 0. The van der Waals surface area contributed by atoms with Gasteiger partial charge >= 0.3 is 5.97 Å². The normalized spacial score (nSPS) is 14.1. The number of para-hydroxylation sites is 1. The van der Waals surface area contributed by atoms with Crippen LogP contribution in [0.15, 0.2) is 60.7 Å². The number of ether oxygens (including phenoxy) is 1. The van der Waals surface area contributed by atoms with E-state index in [0.717, 1.165) is 5.56 Å². The van der Waals surface area contributed by atoms with Crippen molar-refractivity contribution in [2.75, 3.05) is 6.54 Å². The van der Waals surface area contributed by atoms with Crippen LogP contribution in [0.4, 0.5) is 0 Å². The highest BCUT2D eigenvalue weighted by Crippen LogP contribution is 2.15. The minimum Gasteiger partial charge on any atom is -0.478 e. The zero-order valence-electron chi connectivity index (χ0n) is 14.6. The number of carboxylic acids is 1. The van der Waals surface area contributed by atoms with E-state index in [4.69, 9.17) is 4.74 Å². The monoisotopic (exact) mass is 357 g/mol. The van der Waals surface area contributed by atoms with Gasteiger partial charge in [0.25, 0.3) is 5.91 Å². The lowest BCUT2D eigenvalue weighted by Gasteiger charge is -2.24. The molecule has 0 saturated carbocycles. The topological polar surface area (TPSA) is 95.9 Å². The second kappa shape index (κ2) is 9.01. The van der Waals surface area contributed by atoms with Crippen LogP contribution in [0, 0.1) is 0 Å². The Kier molecular flexibility index (Phi) is 6.74. The highest BCUT2D eigenvalue weighted by molar-refractivity contribution is 5.85. The van der Waals surface area contributed by atoms with Crippen molar-refractivity contribution >= 4 is 11.9 Å². The molecule has 1 amide bonds. The van der Waals surface area contributed by atoms with E-state index in [1.807, 2.05) is 30.3 Å². The Bertz CT molecular complexity index is 715. The molecule has 138 valence electrons. The van der Waals surface area contributed by atoms with Crippen molar-refractivity contribution in [2.45, 2.75) is 31.5 Å². The smallest absolute Gasteiger partial charge is 0.346 e. The summed E-state index contributed by atoms with van der Waals surface area (Å²) in [5.41, 5.74) is -0.595. The summed E-state index contributed by atoms with van der Waals surface area (Å²) in [5, 5.41) is 22.1. The fraction of sp³-hybridized carbons (Fsp3) is 0.300. The molecule has 1 unspecified atom stereocenters. The first-order valence-electron chi connectivity index (χ1n) is 8.37. The van der Waals surface area contributed by atoms with Crippen molar-refractivity contribution < 1.29 is 24.5 Å². The molecule has 0 aliphatic heterocycles. The first-order chi connectivity index (χ1) is 12.4. The highest BCUT2D eigenvalue weighted by Gasteiger charge is 2.31. The molecule has 0 heterocycles. The molecular formula is C20H23NO5. The van der Waals surface area contributed by atoms with Gasteiger partial charge in [-0.1, -0.05) is 48.5 Å².